The van der Waals surface area contributed by atoms with Gasteiger partial charge in [-0.25, -0.2) is 0 Å². The lowest BCUT2D eigenvalue weighted by atomic mass is 9.70. The van der Waals surface area contributed by atoms with E-state index in [-0.39, 0.29) is 26.1 Å². The Kier molecular flexibility index (Phi) is 6.65. The standard InChI is InChI=1S/C16H28O5/c1-4-16(13(17)20-5-2,14(18)21-6-3)12-15(19)10-8-7-9-11-15/h19H,4-12H2,1-3H3. The highest BCUT2D eigenvalue weighted by atomic mass is 16.6. The third kappa shape index (κ3) is 4.19. The first kappa shape index (κ1) is 18.0. The van der Waals surface area contributed by atoms with Crippen LogP contribution in [-0.4, -0.2) is 35.9 Å². The van der Waals surface area contributed by atoms with E-state index in [2.05, 4.69) is 0 Å². The van der Waals surface area contributed by atoms with Gasteiger partial charge in [0, 0.05) is 6.42 Å². The van der Waals surface area contributed by atoms with Crippen molar-refractivity contribution in [3.63, 3.8) is 0 Å². The average molecular weight is 300 g/mol. The third-order valence-corrected chi connectivity index (χ3v) is 4.35. The molecule has 0 atom stereocenters. The topological polar surface area (TPSA) is 72.8 Å². The predicted octanol–water partition coefficient (Wildman–Crippen LogP) is 2.59. The Morgan fingerprint density at radius 1 is 1.00 bits per heavy atom. The Balaban J connectivity index is 3.03. The molecular weight excluding hydrogens is 272 g/mol. The minimum atomic E-state index is -1.39. The van der Waals surface area contributed by atoms with Gasteiger partial charge in [-0.3, -0.25) is 9.59 Å². The van der Waals surface area contributed by atoms with E-state index < -0.39 is 23.0 Å². The van der Waals surface area contributed by atoms with Gasteiger partial charge in [0.25, 0.3) is 0 Å². The minimum Gasteiger partial charge on any atom is -0.465 e. The van der Waals surface area contributed by atoms with Crippen LogP contribution < -0.4 is 0 Å². The molecule has 0 heterocycles. The fraction of sp³-hybridized carbons (Fsp3) is 0.875. The molecule has 0 aromatic heterocycles. The molecule has 0 aromatic carbocycles. The number of esters is 2. The van der Waals surface area contributed by atoms with Crippen molar-refractivity contribution in [2.24, 2.45) is 5.41 Å². The Bertz CT molecular complexity index is 340. The van der Waals surface area contributed by atoms with Gasteiger partial charge in [0.15, 0.2) is 5.41 Å². The monoisotopic (exact) mass is 300 g/mol. The van der Waals surface area contributed by atoms with Gasteiger partial charge in [0.2, 0.25) is 0 Å². The first-order valence-corrected chi connectivity index (χ1v) is 8.01. The molecule has 0 saturated heterocycles. The van der Waals surface area contributed by atoms with Crippen LogP contribution in [0, 0.1) is 5.41 Å². The van der Waals surface area contributed by atoms with E-state index in [9.17, 15) is 14.7 Å². The van der Waals surface area contributed by atoms with Gasteiger partial charge >= 0.3 is 11.9 Å². The summed E-state index contributed by atoms with van der Waals surface area (Å²) in [7, 11) is 0. The molecule has 1 N–H and O–H groups in total. The molecule has 21 heavy (non-hydrogen) atoms. The molecule has 0 radical (unpaired) electrons. The van der Waals surface area contributed by atoms with Crippen LogP contribution >= 0.6 is 0 Å². The summed E-state index contributed by atoms with van der Waals surface area (Å²) in [5, 5.41) is 10.8. The maximum absolute atomic E-state index is 12.4. The van der Waals surface area contributed by atoms with E-state index >= 15 is 0 Å². The van der Waals surface area contributed by atoms with Gasteiger partial charge < -0.3 is 14.6 Å². The van der Waals surface area contributed by atoms with Crippen molar-refractivity contribution >= 4 is 11.9 Å². The van der Waals surface area contributed by atoms with Crippen molar-refractivity contribution < 1.29 is 24.2 Å². The number of aliphatic hydroxyl groups is 1. The van der Waals surface area contributed by atoms with Crippen LogP contribution in [0.4, 0.5) is 0 Å². The second-order valence-electron chi connectivity index (χ2n) is 5.84. The third-order valence-electron chi connectivity index (χ3n) is 4.35. The summed E-state index contributed by atoms with van der Waals surface area (Å²) in [6, 6.07) is 0. The predicted molar refractivity (Wildman–Crippen MR) is 78.6 cm³/mol. The van der Waals surface area contributed by atoms with E-state index in [1.807, 2.05) is 0 Å². The van der Waals surface area contributed by atoms with Crippen molar-refractivity contribution in [3.8, 4) is 0 Å². The van der Waals surface area contributed by atoms with Crippen molar-refractivity contribution in [1.29, 1.82) is 0 Å². The summed E-state index contributed by atoms with van der Waals surface area (Å²) in [4.78, 5) is 24.8. The zero-order chi connectivity index (χ0) is 15.9. The molecule has 0 bridgehead atoms. The van der Waals surface area contributed by atoms with Crippen LogP contribution in [0.1, 0.15) is 65.7 Å². The van der Waals surface area contributed by atoms with Gasteiger partial charge in [-0.2, -0.15) is 0 Å². The highest BCUT2D eigenvalue weighted by Gasteiger charge is 2.52. The largest absolute Gasteiger partial charge is 0.465 e. The quantitative estimate of drug-likeness (QED) is 0.578. The normalized spacial score (nSPS) is 18.1. The lowest BCUT2D eigenvalue weighted by Gasteiger charge is -2.39. The second-order valence-corrected chi connectivity index (χ2v) is 5.84. The molecule has 1 saturated carbocycles. The van der Waals surface area contributed by atoms with Crippen LogP contribution in [0.25, 0.3) is 0 Å². The molecule has 0 aromatic rings. The minimum absolute atomic E-state index is 0.0914. The zero-order valence-corrected chi connectivity index (χ0v) is 13.4. The van der Waals surface area contributed by atoms with E-state index in [1.165, 1.54) is 0 Å². The van der Waals surface area contributed by atoms with E-state index in [4.69, 9.17) is 9.47 Å². The number of carbonyl (C=O) groups is 2. The highest BCUT2D eigenvalue weighted by molar-refractivity contribution is 6.00. The molecule has 0 unspecified atom stereocenters. The van der Waals surface area contributed by atoms with Crippen LogP contribution in [0.15, 0.2) is 0 Å². The Morgan fingerprint density at radius 3 is 1.86 bits per heavy atom. The summed E-state index contributed by atoms with van der Waals surface area (Å²) >= 11 is 0. The maximum atomic E-state index is 12.4. The summed E-state index contributed by atoms with van der Waals surface area (Å²) in [5.74, 6) is -1.16. The summed E-state index contributed by atoms with van der Waals surface area (Å²) in [6.07, 6.45) is 4.52. The summed E-state index contributed by atoms with van der Waals surface area (Å²) < 4.78 is 10.2. The molecule has 5 nitrogen and oxygen atoms in total. The smallest absolute Gasteiger partial charge is 0.323 e. The fourth-order valence-corrected chi connectivity index (χ4v) is 3.13. The van der Waals surface area contributed by atoms with E-state index in [0.717, 1.165) is 19.3 Å². The molecule has 0 aliphatic heterocycles. The van der Waals surface area contributed by atoms with E-state index in [1.54, 1.807) is 20.8 Å². The fourth-order valence-electron chi connectivity index (χ4n) is 3.13. The first-order valence-electron chi connectivity index (χ1n) is 8.01. The van der Waals surface area contributed by atoms with Crippen LogP contribution in [0.3, 0.4) is 0 Å². The molecule has 5 heteroatoms. The number of ether oxygens (including phenoxy) is 2. The van der Waals surface area contributed by atoms with Gasteiger partial charge in [0.1, 0.15) is 0 Å². The number of rotatable bonds is 7. The van der Waals surface area contributed by atoms with Crippen molar-refractivity contribution in [1.82, 2.24) is 0 Å². The van der Waals surface area contributed by atoms with Gasteiger partial charge in [-0.1, -0.05) is 26.2 Å². The molecule has 1 rings (SSSR count). The summed E-state index contributed by atoms with van der Waals surface area (Å²) in [5.41, 5.74) is -2.37. The number of hydrogen-bond donors (Lipinski definition) is 1. The molecule has 1 fully saturated rings. The molecule has 0 spiro atoms. The average Bonchev–Trinajstić information content (AvgIpc) is 2.46. The Morgan fingerprint density at radius 2 is 1.48 bits per heavy atom. The van der Waals surface area contributed by atoms with Gasteiger partial charge in [0.05, 0.1) is 18.8 Å². The maximum Gasteiger partial charge on any atom is 0.323 e. The molecule has 1 aliphatic rings. The molecule has 0 amide bonds. The van der Waals surface area contributed by atoms with Crippen LogP contribution in [0.5, 0.6) is 0 Å². The lowest BCUT2D eigenvalue weighted by molar-refractivity contribution is -0.179. The molecular formula is C16H28O5. The zero-order valence-electron chi connectivity index (χ0n) is 13.4. The van der Waals surface area contributed by atoms with Crippen LogP contribution in [-0.2, 0) is 19.1 Å². The van der Waals surface area contributed by atoms with Crippen molar-refractivity contribution in [2.45, 2.75) is 71.3 Å². The lowest BCUT2D eigenvalue weighted by Crippen LogP contribution is -2.48. The first-order chi connectivity index (χ1) is 9.94. The molecule has 122 valence electrons. The van der Waals surface area contributed by atoms with Crippen molar-refractivity contribution in [2.75, 3.05) is 13.2 Å². The molecule has 1 aliphatic carbocycles. The summed E-state index contributed by atoms with van der Waals surface area (Å²) in [6.45, 7) is 5.59. The SMILES string of the molecule is CCOC(=O)C(CC)(CC1(O)CCCCC1)C(=O)OCC. The Labute approximate surface area is 127 Å². The van der Waals surface area contributed by atoms with Crippen molar-refractivity contribution in [3.05, 3.63) is 0 Å². The van der Waals surface area contributed by atoms with Crippen LogP contribution in [0.2, 0.25) is 0 Å². The second kappa shape index (κ2) is 7.78. The number of carbonyl (C=O) groups excluding carboxylic acids is 2. The highest BCUT2D eigenvalue weighted by Crippen LogP contribution is 2.41. The Hall–Kier alpha value is -1.10. The van der Waals surface area contributed by atoms with Gasteiger partial charge in [-0.05, 0) is 33.1 Å². The number of hydrogen-bond acceptors (Lipinski definition) is 5. The van der Waals surface area contributed by atoms with E-state index in [0.29, 0.717) is 12.8 Å². The van der Waals surface area contributed by atoms with Gasteiger partial charge in [-0.15, -0.1) is 0 Å².